The highest BCUT2D eigenvalue weighted by atomic mass is 19.2. The normalized spacial score (nSPS) is 19.6. The van der Waals surface area contributed by atoms with Crippen LogP contribution in [0.2, 0.25) is 0 Å². The highest BCUT2D eigenvalue weighted by Gasteiger charge is 2.28. The van der Waals surface area contributed by atoms with Crippen LogP contribution in [0.3, 0.4) is 0 Å². The average molecular weight is 285 g/mol. The van der Waals surface area contributed by atoms with Crippen molar-refractivity contribution >= 4 is 11.4 Å². The third-order valence-electron chi connectivity index (χ3n) is 3.57. The lowest BCUT2D eigenvalue weighted by atomic mass is 10.2. The summed E-state index contributed by atoms with van der Waals surface area (Å²) < 4.78 is 27.0. The summed E-state index contributed by atoms with van der Waals surface area (Å²) in [4.78, 5) is 12.4. The smallest absolute Gasteiger partial charge is 0.295 e. The summed E-state index contributed by atoms with van der Waals surface area (Å²) in [6, 6.07) is 1.99. The molecule has 1 atom stereocenters. The summed E-state index contributed by atoms with van der Waals surface area (Å²) in [7, 11) is 0. The van der Waals surface area contributed by atoms with Gasteiger partial charge in [0, 0.05) is 31.2 Å². The zero-order valence-electron chi connectivity index (χ0n) is 11.4. The molecule has 0 amide bonds. The molecule has 0 spiro atoms. The van der Waals surface area contributed by atoms with Crippen molar-refractivity contribution in [3.05, 3.63) is 33.9 Å². The van der Waals surface area contributed by atoms with Gasteiger partial charge in [0.05, 0.1) is 4.92 Å². The molecule has 20 heavy (non-hydrogen) atoms. The quantitative estimate of drug-likeness (QED) is 0.682. The number of nitrogens with one attached hydrogen (secondary N) is 1. The number of likely N-dealkylation sites (tertiary alicyclic amines) is 1. The molecule has 1 aromatic rings. The van der Waals surface area contributed by atoms with Gasteiger partial charge in [0.2, 0.25) is 0 Å². The molecule has 1 aromatic carbocycles. The van der Waals surface area contributed by atoms with E-state index in [0.29, 0.717) is 12.6 Å². The number of anilines is 1. The number of nitro groups is 1. The van der Waals surface area contributed by atoms with Gasteiger partial charge in [-0.05, 0) is 26.3 Å². The average Bonchev–Trinajstić information content (AvgIpc) is 2.83. The van der Waals surface area contributed by atoms with Gasteiger partial charge in [-0.15, -0.1) is 0 Å². The number of hydrogen-bond acceptors (Lipinski definition) is 4. The van der Waals surface area contributed by atoms with Gasteiger partial charge in [-0.1, -0.05) is 0 Å². The minimum Gasteiger partial charge on any atom is -0.373 e. The summed E-state index contributed by atoms with van der Waals surface area (Å²) in [5.74, 6) is -2.28. The molecular weight excluding hydrogens is 268 g/mol. The Kier molecular flexibility index (Phi) is 4.17. The maximum absolute atomic E-state index is 13.8. The molecule has 110 valence electrons. The summed E-state index contributed by atoms with van der Waals surface area (Å²) in [6.07, 6.45) is 0.741. The van der Waals surface area contributed by atoms with Gasteiger partial charge in [-0.2, -0.15) is 0 Å². The summed E-state index contributed by atoms with van der Waals surface area (Å²) in [6.45, 7) is 5.59. The van der Waals surface area contributed by atoms with Gasteiger partial charge in [0.15, 0.2) is 17.3 Å². The van der Waals surface area contributed by atoms with Crippen molar-refractivity contribution in [1.82, 2.24) is 4.90 Å². The van der Waals surface area contributed by atoms with Crippen molar-refractivity contribution in [3.63, 3.8) is 0 Å². The fraction of sp³-hybridized carbons (Fsp3) is 0.538. The standard InChI is InChI=1S/C13H17F2N3O2/c1-8(2)17-6-5-9(7-17)16-13-11(18(19)20)4-3-10(14)12(13)15/h3-4,8-9,16H,5-7H2,1-2H3. The first-order valence-electron chi connectivity index (χ1n) is 6.53. The molecule has 0 aliphatic carbocycles. The molecule has 1 N–H and O–H groups in total. The Morgan fingerprint density at radius 3 is 2.70 bits per heavy atom. The third-order valence-corrected chi connectivity index (χ3v) is 3.57. The highest BCUT2D eigenvalue weighted by molar-refractivity contribution is 5.63. The first-order chi connectivity index (χ1) is 9.40. The van der Waals surface area contributed by atoms with E-state index < -0.39 is 22.2 Å². The van der Waals surface area contributed by atoms with E-state index in [-0.39, 0.29) is 11.7 Å². The van der Waals surface area contributed by atoms with Gasteiger partial charge < -0.3 is 5.32 Å². The van der Waals surface area contributed by atoms with Crippen molar-refractivity contribution in [2.75, 3.05) is 18.4 Å². The molecule has 1 heterocycles. The minimum atomic E-state index is -1.19. The zero-order chi connectivity index (χ0) is 14.9. The van der Waals surface area contributed by atoms with Crippen LogP contribution in [0.25, 0.3) is 0 Å². The second-order valence-electron chi connectivity index (χ2n) is 5.23. The van der Waals surface area contributed by atoms with Crippen LogP contribution in [0.5, 0.6) is 0 Å². The molecule has 1 saturated heterocycles. The molecule has 5 nitrogen and oxygen atoms in total. The van der Waals surface area contributed by atoms with Gasteiger partial charge in [-0.25, -0.2) is 8.78 Å². The van der Waals surface area contributed by atoms with Crippen LogP contribution < -0.4 is 5.32 Å². The lowest BCUT2D eigenvalue weighted by Crippen LogP contribution is -2.31. The Morgan fingerprint density at radius 1 is 1.45 bits per heavy atom. The highest BCUT2D eigenvalue weighted by Crippen LogP contribution is 2.31. The molecule has 0 saturated carbocycles. The van der Waals surface area contributed by atoms with E-state index in [9.17, 15) is 18.9 Å². The number of rotatable bonds is 4. The van der Waals surface area contributed by atoms with Gasteiger partial charge in [0.25, 0.3) is 5.69 Å². The van der Waals surface area contributed by atoms with Crippen molar-refractivity contribution in [2.45, 2.75) is 32.4 Å². The fourth-order valence-electron chi connectivity index (χ4n) is 2.41. The van der Waals surface area contributed by atoms with Crippen molar-refractivity contribution in [2.24, 2.45) is 0 Å². The minimum absolute atomic E-state index is 0.118. The third kappa shape index (κ3) is 2.87. The van der Waals surface area contributed by atoms with Crippen molar-refractivity contribution < 1.29 is 13.7 Å². The molecule has 0 aromatic heterocycles. The first kappa shape index (κ1) is 14.6. The molecule has 1 unspecified atom stereocenters. The van der Waals surface area contributed by atoms with Gasteiger partial charge >= 0.3 is 0 Å². The summed E-state index contributed by atoms with van der Waals surface area (Å²) in [5, 5.41) is 13.7. The van der Waals surface area contributed by atoms with Crippen molar-refractivity contribution in [3.8, 4) is 0 Å². The zero-order valence-corrected chi connectivity index (χ0v) is 11.4. The first-order valence-corrected chi connectivity index (χ1v) is 6.53. The summed E-state index contributed by atoms with van der Waals surface area (Å²) >= 11 is 0. The van der Waals surface area contributed by atoms with E-state index in [1.807, 2.05) is 13.8 Å². The largest absolute Gasteiger partial charge is 0.373 e. The van der Waals surface area contributed by atoms with Crippen LogP contribution in [0.4, 0.5) is 20.2 Å². The maximum atomic E-state index is 13.8. The van der Waals surface area contributed by atoms with Crippen molar-refractivity contribution in [1.29, 1.82) is 0 Å². The molecule has 1 aliphatic rings. The van der Waals surface area contributed by atoms with Crippen LogP contribution >= 0.6 is 0 Å². The Labute approximate surface area is 115 Å². The van der Waals surface area contributed by atoms with E-state index in [1.54, 1.807) is 0 Å². The maximum Gasteiger partial charge on any atom is 0.295 e. The van der Waals surface area contributed by atoms with Gasteiger partial charge in [0.1, 0.15) is 0 Å². The molecular formula is C13H17F2N3O2. The van der Waals surface area contributed by atoms with Crippen LogP contribution in [-0.4, -0.2) is 35.0 Å². The predicted molar refractivity (Wildman–Crippen MR) is 71.7 cm³/mol. The van der Waals surface area contributed by atoms with Crippen LogP contribution in [0.15, 0.2) is 12.1 Å². The Balaban J connectivity index is 2.21. The fourth-order valence-corrected chi connectivity index (χ4v) is 2.41. The molecule has 0 radical (unpaired) electrons. The lowest BCUT2D eigenvalue weighted by molar-refractivity contribution is -0.384. The molecule has 1 fully saturated rings. The molecule has 1 aliphatic heterocycles. The topological polar surface area (TPSA) is 58.4 Å². The predicted octanol–water partition coefficient (Wildman–Crippen LogP) is 2.77. The van der Waals surface area contributed by atoms with Crippen LogP contribution in [0, 0.1) is 21.7 Å². The number of hydrogen-bond donors (Lipinski definition) is 1. The molecule has 2 rings (SSSR count). The Morgan fingerprint density at radius 2 is 2.15 bits per heavy atom. The van der Waals surface area contributed by atoms with E-state index in [4.69, 9.17) is 0 Å². The van der Waals surface area contributed by atoms with Crippen LogP contribution in [-0.2, 0) is 0 Å². The van der Waals surface area contributed by atoms with E-state index >= 15 is 0 Å². The molecule has 0 bridgehead atoms. The van der Waals surface area contributed by atoms with Gasteiger partial charge in [-0.3, -0.25) is 15.0 Å². The Hall–Kier alpha value is -1.76. The monoisotopic (exact) mass is 285 g/mol. The van der Waals surface area contributed by atoms with Crippen LogP contribution in [0.1, 0.15) is 20.3 Å². The SMILES string of the molecule is CC(C)N1CCC(Nc2c([N+](=O)[O-])ccc(F)c2F)C1. The van der Waals surface area contributed by atoms with E-state index in [0.717, 1.165) is 25.1 Å². The van der Waals surface area contributed by atoms with E-state index in [2.05, 4.69) is 10.2 Å². The second-order valence-corrected chi connectivity index (χ2v) is 5.23. The number of nitro benzene ring substituents is 1. The Bertz CT molecular complexity index is 523. The van der Waals surface area contributed by atoms with E-state index in [1.165, 1.54) is 0 Å². The second kappa shape index (κ2) is 5.70. The summed E-state index contributed by atoms with van der Waals surface area (Å²) in [5.41, 5.74) is -0.794. The number of benzene rings is 1. The number of nitrogens with zero attached hydrogens (tertiary/aromatic N) is 2. The lowest BCUT2D eigenvalue weighted by Gasteiger charge is -2.21. The molecule has 7 heteroatoms. The number of halogens is 2.